The SMILES string of the molecule is Cn1c(O[Si](C)(C)C)c(Cc2ccc(O[Si](C)(C)C)cc2)[nH]c1=S. The predicted molar refractivity (Wildman–Crippen MR) is 108 cm³/mol. The molecule has 2 aromatic rings. The molecule has 0 saturated heterocycles. The first-order valence-electron chi connectivity index (χ1n) is 8.19. The average Bonchev–Trinajstić information content (AvgIpc) is 2.66. The first-order chi connectivity index (χ1) is 10.9. The molecule has 132 valence electrons. The average molecular weight is 381 g/mol. The lowest BCUT2D eigenvalue weighted by atomic mass is 10.1. The van der Waals surface area contributed by atoms with Crippen molar-refractivity contribution in [1.82, 2.24) is 9.55 Å². The third-order valence-corrected chi connectivity index (χ3v) is 5.29. The van der Waals surface area contributed by atoms with E-state index in [1.54, 1.807) is 0 Å². The van der Waals surface area contributed by atoms with Crippen LogP contribution in [0.1, 0.15) is 11.3 Å². The molecule has 4 nitrogen and oxygen atoms in total. The van der Waals surface area contributed by atoms with Gasteiger partial charge in [-0.3, -0.25) is 4.57 Å². The van der Waals surface area contributed by atoms with Crippen LogP contribution < -0.4 is 8.85 Å². The van der Waals surface area contributed by atoms with Gasteiger partial charge in [-0.05, 0) is 69.2 Å². The molecule has 0 aliphatic carbocycles. The molecule has 0 spiro atoms. The highest BCUT2D eigenvalue weighted by Crippen LogP contribution is 2.25. The normalized spacial score (nSPS) is 12.3. The number of nitrogens with zero attached hydrogens (tertiary/aromatic N) is 1. The van der Waals surface area contributed by atoms with Gasteiger partial charge < -0.3 is 13.8 Å². The van der Waals surface area contributed by atoms with Gasteiger partial charge in [-0.1, -0.05) is 12.1 Å². The van der Waals surface area contributed by atoms with E-state index >= 15 is 0 Å². The van der Waals surface area contributed by atoms with Crippen molar-refractivity contribution in [1.29, 1.82) is 0 Å². The molecule has 0 bridgehead atoms. The van der Waals surface area contributed by atoms with Gasteiger partial charge in [0.05, 0.1) is 5.69 Å². The van der Waals surface area contributed by atoms with Gasteiger partial charge in [0.25, 0.3) is 0 Å². The summed E-state index contributed by atoms with van der Waals surface area (Å²) in [5.41, 5.74) is 2.24. The van der Waals surface area contributed by atoms with Crippen LogP contribution in [-0.4, -0.2) is 26.2 Å². The second kappa shape index (κ2) is 6.89. The van der Waals surface area contributed by atoms with E-state index in [1.807, 2.05) is 23.7 Å². The third-order valence-electron chi connectivity index (χ3n) is 3.26. The van der Waals surface area contributed by atoms with Crippen molar-refractivity contribution in [3.05, 3.63) is 40.3 Å². The Balaban J connectivity index is 2.22. The highest BCUT2D eigenvalue weighted by Gasteiger charge is 2.22. The summed E-state index contributed by atoms with van der Waals surface area (Å²) in [5.74, 6) is 1.80. The Morgan fingerprint density at radius 3 is 2.00 bits per heavy atom. The van der Waals surface area contributed by atoms with Crippen LogP contribution in [0.2, 0.25) is 39.3 Å². The second-order valence-corrected chi connectivity index (χ2v) is 17.3. The van der Waals surface area contributed by atoms with Gasteiger partial charge in [0.1, 0.15) is 5.75 Å². The van der Waals surface area contributed by atoms with Crippen LogP contribution in [0.4, 0.5) is 0 Å². The van der Waals surface area contributed by atoms with Gasteiger partial charge in [-0.25, -0.2) is 0 Å². The Morgan fingerprint density at radius 2 is 1.50 bits per heavy atom. The lowest BCUT2D eigenvalue weighted by molar-refractivity contribution is 0.501. The standard InChI is InChI=1S/C17H28N2O2SSi2/c1-19-16(21-24(5,6)7)15(18-17(19)22)12-13-8-10-14(11-9-13)20-23(2,3)4/h8-11H,12H2,1-7H3,(H,18,22). The molecule has 0 aliphatic heterocycles. The minimum atomic E-state index is -1.70. The van der Waals surface area contributed by atoms with Crippen molar-refractivity contribution >= 4 is 28.9 Å². The van der Waals surface area contributed by atoms with E-state index in [9.17, 15) is 0 Å². The van der Waals surface area contributed by atoms with Crippen molar-refractivity contribution in [2.75, 3.05) is 0 Å². The number of hydrogen-bond acceptors (Lipinski definition) is 3. The third kappa shape index (κ3) is 5.36. The zero-order chi connectivity index (χ0) is 18.1. The minimum Gasteiger partial charge on any atom is -0.544 e. The molecule has 0 radical (unpaired) electrons. The molecule has 0 unspecified atom stereocenters. The molecule has 0 saturated carbocycles. The quantitative estimate of drug-likeness (QED) is 0.560. The van der Waals surface area contributed by atoms with Crippen molar-refractivity contribution in [2.45, 2.75) is 45.7 Å². The summed E-state index contributed by atoms with van der Waals surface area (Å²) in [4.78, 5) is 3.29. The maximum absolute atomic E-state index is 6.23. The smallest absolute Gasteiger partial charge is 0.244 e. The molecule has 0 amide bonds. The molecular formula is C17H28N2O2SSi2. The number of aromatic nitrogens is 2. The van der Waals surface area contributed by atoms with E-state index in [2.05, 4.69) is 56.4 Å². The number of benzene rings is 1. The molecule has 2 rings (SSSR count). The molecule has 7 heteroatoms. The molecule has 1 N–H and O–H groups in total. The largest absolute Gasteiger partial charge is 0.544 e. The van der Waals surface area contributed by atoms with Crippen LogP contribution in [0, 0.1) is 4.77 Å². The first kappa shape index (κ1) is 19.0. The molecule has 1 aromatic heterocycles. The fourth-order valence-electron chi connectivity index (χ4n) is 2.33. The molecule has 24 heavy (non-hydrogen) atoms. The van der Waals surface area contributed by atoms with E-state index < -0.39 is 16.6 Å². The van der Waals surface area contributed by atoms with E-state index in [-0.39, 0.29) is 0 Å². The number of H-pyrrole nitrogens is 1. The van der Waals surface area contributed by atoms with Gasteiger partial charge in [-0.15, -0.1) is 0 Å². The summed E-state index contributed by atoms with van der Waals surface area (Å²) < 4.78 is 14.9. The zero-order valence-electron chi connectivity index (χ0n) is 15.7. The molecule has 0 atom stereocenters. The maximum atomic E-state index is 6.23. The highest BCUT2D eigenvalue weighted by atomic mass is 32.1. The molecular weight excluding hydrogens is 352 g/mol. The summed E-state index contributed by atoms with van der Waals surface area (Å²) in [6.07, 6.45) is 0.761. The van der Waals surface area contributed by atoms with E-state index in [0.717, 1.165) is 23.7 Å². The number of rotatable bonds is 6. The van der Waals surface area contributed by atoms with Crippen molar-refractivity contribution in [3.63, 3.8) is 0 Å². The van der Waals surface area contributed by atoms with E-state index in [0.29, 0.717) is 4.77 Å². The van der Waals surface area contributed by atoms with Gasteiger partial charge >= 0.3 is 0 Å². The van der Waals surface area contributed by atoms with Crippen LogP contribution in [0.25, 0.3) is 0 Å². The Bertz CT molecular complexity index is 753. The van der Waals surface area contributed by atoms with Crippen LogP contribution in [0.5, 0.6) is 11.6 Å². The topological polar surface area (TPSA) is 39.2 Å². The van der Waals surface area contributed by atoms with Crippen LogP contribution in [-0.2, 0) is 13.5 Å². The van der Waals surface area contributed by atoms with Crippen molar-refractivity contribution < 1.29 is 8.85 Å². The summed E-state index contributed by atoms with van der Waals surface area (Å²) >= 11 is 5.37. The number of nitrogens with one attached hydrogen (secondary N) is 1. The van der Waals surface area contributed by atoms with Gasteiger partial charge in [-0.2, -0.15) is 0 Å². The Labute approximate surface area is 152 Å². The molecule has 1 aromatic carbocycles. The monoisotopic (exact) mass is 380 g/mol. The summed E-state index contributed by atoms with van der Waals surface area (Å²) in [6, 6.07) is 8.31. The Hall–Kier alpha value is -1.32. The molecule has 0 fully saturated rings. The summed E-state index contributed by atoms with van der Waals surface area (Å²) in [5, 5.41) is 0. The lowest BCUT2D eigenvalue weighted by Crippen LogP contribution is -2.30. The van der Waals surface area contributed by atoms with Crippen LogP contribution >= 0.6 is 12.2 Å². The van der Waals surface area contributed by atoms with Crippen molar-refractivity contribution in [3.8, 4) is 11.6 Å². The van der Waals surface area contributed by atoms with E-state index in [4.69, 9.17) is 21.1 Å². The summed E-state index contributed by atoms with van der Waals surface area (Å²) in [7, 11) is -1.32. The Kier molecular flexibility index (Phi) is 5.46. The van der Waals surface area contributed by atoms with Crippen molar-refractivity contribution in [2.24, 2.45) is 7.05 Å². The lowest BCUT2D eigenvalue weighted by Gasteiger charge is -2.20. The molecule has 1 heterocycles. The van der Waals surface area contributed by atoms with Gasteiger partial charge in [0, 0.05) is 13.5 Å². The van der Waals surface area contributed by atoms with Crippen LogP contribution in [0.3, 0.4) is 0 Å². The number of imidazole rings is 1. The van der Waals surface area contributed by atoms with Gasteiger partial charge in [0.2, 0.25) is 22.5 Å². The number of aromatic amines is 1. The van der Waals surface area contributed by atoms with Gasteiger partial charge in [0.15, 0.2) is 4.77 Å². The highest BCUT2D eigenvalue weighted by molar-refractivity contribution is 7.71. The van der Waals surface area contributed by atoms with Crippen LogP contribution in [0.15, 0.2) is 24.3 Å². The summed E-state index contributed by atoms with van der Waals surface area (Å²) in [6.45, 7) is 13.1. The number of hydrogen-bond donors (Lipinski definition) is 1. The maximum Gasteiger partial charge on any atom is 0.244 e. The van der Waals surface area contributed by atoms with E-state index in [1.165, 1.54) is 5.56 Å². The second-order valence-electron chi connectivity index (χ2n) is 8.02. The minimum absolute atomic E-state index is 0.692. The first-order valence-corrected chi connectivity index (χ1v) is 15.4. The fourth-order valence-corrected chi connectivity index (χ4v) is 4.22. The molecule has 0 aliphatic rings. The Morgan fingerprint density at radius 1 is 0.958 bits per heavy atom. The fraction of sp³-hybridized carbons (Fsp3) is 0.471. The predicted octanol–water partition coefficient (Wildman–Crippen LogP) is 5.10. The zero-order valence-corrected chi connectivity index (χ0v) is 18.5.